The quantitative estimate of drug-likeness (QED) is 0.802. The van der Waals surface area contributed by atoms with Crippen LogP contribution in [-0.2, 0) is 9.84 Å². The first-order valence-corrected chi connectivity index (χ1v) is 9.07. The molecule has 0 radical (unpaired) electrons. The van der Waals surface area contributed by atoms with Crippen molar-refractivity contribution in [2.75, 3.05) is 18.8 Å². The molecule has 1 aromatic carbocycles. The van der Waals surface area contributed by atoms with Gasteiger partial charge in [-0.3, -0.25) is 0 Å². The Morgan fingerprint density at radius 2 is 1.95 bits per heavy atom. The largest absolute Gasteiger partial charge is 0.316 e. The van der Waals surface area contributed by atoms with Crippen LogP contribution in [0.3, 0.4) is 0 Å². The maximum absolute atomic E-state index is 12.0. The summed E-state index contributed by atoms with van der Waals surface area (Å²) < 4.78 is 24.0. The van der Waals surface area contributed by atoms with Gasteiger partial charge in [0.05, 0.1) is 11.0 Å². The number of hydrogen-bond donors (Lipinski definition) is 1. The molecule has 0 aliphatic heterocycles. The van der Waals surface area contributed by atoms with E-state index in [2.05, 4.69) is 37.4 Å². The van der Waals surface area contributed by atoms with Gasteiger partial charge in [0.15, 0.2) is 9.84 Å². The smallest absolute Gasteiger partial charge is 0.152 e. The van der Waals surface area contributed by atoms with Crippen LogP contribution in [-0.4, -0.2) is 32.5 Å². The van der Waals surface area contributed by atoms with E-state index in [0.29, 0.717) is 6.42 Å². The molecule has 0 amide bonds. The second-order valence-electron chi connectivity index (χ2n) is 5.62. The Hall–Kier alpha value is -0.870. The third-order valence-electron chi connectivity index (χ3n) is 3.62. The fraction of sp³-hybridized carbons (Fsp3) is 0.625. The van der Waals surface area contributed by atoms with Crippen LogP contribution >= 0.6 is 0 Å². The van der Waals surface area contributed by atoms with E-state index >= 15 is 0 Å². The fourth-order valence-electron chi connectivity index (χ4n) is 2.17. The van der Waals surface area contributed by atoms with Gasteiger partial charge in [-0.05, 0) is 45.2 Å². The predicted octanol–water partition coefficient (Wildman–Crippen LogP) is 2.90. The highest BCUT2D eigenvalue weighted by Crippen LogP contribution is 2.21. The van der Waals surface area contributed by atoms with Crippen LogP contribution in [0, 0.1) is 6.92 Å². The standard InChI is InChI=1S/C16H27NO2S/c1-5-17-12-16(9-10-20(18,19)13(2)3)15-8-6-7-14(4)11-15/h6-8,11,13,16-17H,5,9-10,12H2,1-4H3. The Balaban J connectivity index is 2.80. The van der Waals surface area contributed by atoms with Crippen molar-refractivity contribution in [3.63, 3.8) is 0 Å². The molecule has 0 saturated carbocycles. The van der Waals surface area contributed by atoms with Crippen molar-refractivity contribution in [2.45, 2.75) is 45.3 Å². The topological polar surface area (TPSA) is 46.2 Å². The molecule has 0 spiro atoms. The lowest BCUT2D eigenvalue weighted by atomic mass is 9.95. The lowest BCUT2D eigenvalue weighted by Crippen LogP contribution is -2.25. The van der Waals surface area contributed by atoms with E-state index in [1.165, 1.54) is 11.1 Å². The van der Waals surface area contributed by atoms with Gasteiger partial charge >= 0.3 is 0 Å². The first kappa shape index (κ1) is 17.2. The van der Waals surface area contributed by atoms with Gasteiger partial charge in [-0.25, -0.2) is 8.42 Å². The van der Waals surface area contributed by atoms with Crippen LogP contribution < -0.4 is 5.32 Å². The lowest BCUT2D eigenvalue weighted by Gasteiger charge is -2.19. The summed E-state index contributed by atoms with van der Waals surface area (Å²) in [6.07, 6.45) is 0.678. The normalized spacial score (nSPS) is 13.7. The zero-order chi connectivity index (χ0) is 15.2. The molecular formula is C16H27NO2S. The molecule has 0 aromatic heterocycles. The minimum Gasteiger partial charge on any atom is -0.316 e. The highest BCUT2D eigenvalue weighted by molar-refractivity contribution is 7.91. The van der Waals surface area contributed by atoms with Gasteiger partial charge in [-0.15, -0.1) is 0 Å². The van der Waals surface area contributed by atoms with E-state index < -0.39 is 9.84 Å². The Morgan fingerprint density at radius 3 is 2.50 bits per heavy atom. The number of sulfone groups is 1. The van der Waals surface area contributed by atoms with Crippen molar-refractivity contribution in [1.82, 2.24) is 5.32 Å². The second-order valence-corrected chi connectivity index (χ2v) is 8.30. The van der Waals surface area contributed by atoms with Crippen LogP contribution in [0.2, 0.25) is 0 Å². The van der Waals surface area contributed by atoms with Gasteiger partial charge in [-0.1, -0.05) is 36.8 Å². The zero-order valence-electron chi connectivity index (χ0n) is 13.0. The molecule has 3 nitrogen and oxygen atoms in total. The molecule has 0 heterocycles. The number of hydrogen-bond acceptors (Lipinski definition) is 3. The molecule has 1 aromatic rings. The maximum atomic E-state index is 12.0. The maximum Gasteiger partial charge on any atom is 0.152 e. The van der Waals surface area contributed by atoms with Crippen molar-refractivity contribution < 1.29 is 8.42 Å². The highest BCUT2D eigenvalue weighted by atomic mass is 32.2. The summed E-state index contributed by atoms with van der Waals surface area (Å²) in [6.45, 7) is 9.37. The van der Waals surface area contributed by atoms with Gasteiger partial charge in [0.2, 0.25) is 0 Å². The van der Waals surface area contributed by atoms with Crippen molar-refractivity contribution >= 4 is 9.84 Å². The molecular weight excluding hydrogens is 270 g/mol. The van der Waals surface area contributed by atoms with Crippen molar-refractivity contribution in [3.05, 3.63) is 35.4 Å². The zero-order valence-corrected chi connectivity index (χ0v) is 13.8. The summed E-state index contributed by atoms with van der Waals surface area (Å²) in [5, 5.41) is 3.05. The van der Waals surface area contributed by atoms with Gasteiger partial charge in [0, 0.05) is 6.54 Å². The summed E-state index contributed by atoms with van der Waals surface area (Å²) in [5.41, 5.74) is 2.45. The van der Waals surface area contributed by atoms with E-state index in [1.807, 2.05) is 6.07 Å². The SMILES string of the molecule is CCNCC(CCS(=O)(=O)C(C)C)c1cccc(C)c1. The average molecular weight is 297 g/mol. The third-order valence-corrected chi connectivity index (χ3v) is 5.86. The highest BCUT2D eigenvalue weighted by Gasteiger charge is 2.20. The number of likely N-dealkylation sites (N-methyl/N-ethyl adjacent to an activating group) is 1. The first-order valence-electron chi connectivity index (χ1n) is 7.35. The minimum atomic E-state index is -2.96. The lowest BCUT2D eigenvalue weighted by molar-refractivity contribution is 0.559. The van der Waals surface area contributed by atoms with Gasteiger partial charge < -0.3 is 5.32 Å². The Bertz CT molecular complexity index is 509. The summed E-state index contributed by atoms with van der Waals surface area (Å²) in [5.74, 6) is 0.512. The fourth-order valence-corrected chi connectivity index (χ4v) is 3.26. The minimum absolute atomic E-state index is 0.253. The van der Waals surface area contributed by atoms with Crippen LogP contribution in [0.5, 0.6) is 0 Å². The summed E-state index contributed by atoms with van der Waals surface area (Å²) in [4.78, 5) is 0. The molecule has 4 heteroatoms. The second kappa shape index (κ2) is 7.79. The van der Waals surface area contributed by atoms with Crippen LogP contribution in [0.4, 0.5) is 0 Å². The molecule has 0 aliphatic rings. The summed E-state index contributed by atoms with van der Waals surface area (Å²) in [7, 11) is -2.96. The molecule has 1 rings (SSSR count). The van der Waals surface area contributed by atoms with Gasteiger partial charge in [0.1, 0.15) is 0 Å². The number of benzene rings is 1. The van der Waals surface area contributed by atoms with Crippen LogP contribution in [0.1, 0.15) is 44.2 Å². The van der Waals surface area contributed by atoms with E-state index in [1.54, 1.807) is 13.8 Å². The molecule has 20 heavy (non-hydrogen) atoms. The molecule has 0 aliphatic carbocycles. The summed E-state index contributed by atoms with van der Waals surface area (Å²) >= 11 is 0. The number of rotatable bonds is 8. The number of nitrogens with one attached hydrogen (secondary N) is 1. The van der Waals surface area contributed by atoms with E-state index in [9.17, 15) is 8.42 Å². The molecule has 0 saturated heterocycles. The van der Waals surface area contributed by atoms with E-state index in [-0.39, 0.29) is 16.9 Å². The Labute approximate surface area is 123 Å². The van der Waals surface area contributed by atoms with Crippen LogP contribution in [0.25, 0.3) is 0 Å². The predicted molar refractivity (Wildman–Crippen MR) is 86.0 cm³/mol. The Kier molecular flexibility index (Phi) is 6.69. The van der Waals surface area contributed by atoms with Crippen molar-refractivity contribution in [3.8, 4) is 0 Å². The number of aryl methyl sites for hydroxylation is 1. The van der Waals surface area contributed by atoms with Crippen molar-refractivity contribution in [2.24, 2.45) is 0 Å². The molecule has 114 valence electrons. The third kappa shape index (κ3) is 5.25. The molecule has 1 unspecified atom stereocenters. The molecule has 0 bridgehead atoms. The summed E-state index contributed by atoms with van der Waals surface area (Å²) in [6, 6.07) is 8.36. The van der Waals surface area contributed by atoms with Gasteiger partial charge in [0.25, 0.3) is 0 Å². The van der Waals surface area contributed by atoms with E-state index in [4.69, 9.17) is 0 Å². The van der Waals surface area contributed by atoms with E-state index in [0.717, 1.165) is 13.1 Å². The molecule has 1 atom stereocenters. The Morgan fingerprint density at radius 1 is 1.25 bits per heavy atom. The monoisotopic (exact) mass is 297 g/mol. The van der Waals surface area contributed by atoms with Crippen molar-refractivity contribution in [1.29, 1.82) is 0 Å². The molecule has 1 N–H and O–H groups in total. The van der Waals surface area contributed by atoms with Crippen LogP contribution in [0.15, 0.2) is 24.3 Å². The average Bonchev–Trinajstić information content (AvgIpc) is 2.38. The first-order chi connectivity index (χ1) is 9.36. The van der Waals surface area contributed by atoms with Gasteiger partial charge in [-0.2, -0.15) is 0 Å². The molecule has 0 fully saturated rings.